The van der Waals surface area contributed by atoms with Gasteiger partial charge in [-0.25, -0.2) is 31.6 Å². The molecule has 2 aromatic heterocycles. The number of aromatic nitrogens is 4. The molecule has 10 heteroatoms. The van der Waals surface area contributed by atoms with E-state index in [1.54, 1.807) is 97.2 Å². The Morgan fingerprint density at radius 2 is 1.15 bits per heavy atom. The van der Waals surface area contributed by atoms with Crippen LogP contribution in [0.15, 0.2) is 122 Å². The number of hydrogen-bond donors (Lipinski definition) is 0. The van der Waals surface area contributed by atoms with E-state index in [1.165, 1.54) is 4.68 Å². The Kier molecular flexibility index (Phi) is 7.61. The predicted octanol–water partition coefficient (Wildman–Crippen LogP) is 9.76. The van der Waals surface area contributed by atoms with Crippen LogP contribution in [0.4, 0.5) is 22.0 Å². The summed E-state index contributed by atoms with van der Waals surface area (Å²) in [5.41, 5.74) is 0.867. The van der Waals surface area contributed by atoms with Crippen molar-refractivity contribution in [3.05, 3.63) is 151 Å². The van der Waals surface area contributed by atoms with E-state index < -0.39 is 34.6 Å². The summed E-state index contributed by atoms with van der Waals surface area (Å²) in [5.74, 6) is -8.56. The average Bonchev–Trinajstić information content (AvgIpc) is 3.72. The third kappa shape index (κ3) is 5.33. The van der Waals surface area contributed by atoms with E-state index in [1.807, 2.05) is 36.0 Å². The highest BCUT2D eigenvalue weighted by Crippen LogP contribution is 2.45. The molecule has 0 radical (unpaired) electrons. The second kappa shape index (κ2) is 12.1. The normalized spacial score (nSPS) is 11.2. The van der Waals surface area contributed by atoms with Crippen molar-refractivity contribution in [2.75, 3.05) is 0 Å². The fraction of sp³-hybridized carbons (Fsp3) is 0.0270. The molecule has 2 heterocycles. The third-order valence-corrected chi connectivity index (χ3v) is 7.65. The fourth-order valence-electron chi connectivity index (χ4n) is 5.48. The summed E-state index contributed by atoms with van der Waals surface area (Å²) < 4.78 is 84.2. The van der Waals surface area contributed by atoms with Crippen molar-refractivity contribution in [1.29, 1.82) is 0 Å². The molecule has 0 N–H and O–H groups in total. The minimum absolute atomic E-state index is 0.0155. The van der Waals surface area contributed by atoms with E-state index in [0.717, 1.165) is 11.4 Å². The zero-order valence-electron chi connectivity index (χ0n) is 24.6. The van der Waals surface area contributed by atoms with Crippen LogP contribution in [0.5, 0.6) is 11.5 Å². The molecule has 0 aliphatic rings. The summed E-state index contributed by atoms with van der Waals surface area (Å²) in [5, 5.41) is 4.75. The van der Waals surface area contributed by atoms with E-state index in [4.69, 9.17) is 9.84 Å². The second-order valence-electron chi connectivity index (χ2n) is 10.6. The first-order valence-corrected chi connectivity index (χ1v) is 14.4. The quantitative estimate of drug-likeness (QED) is 0.0997. The molecule has 0 fully saturated rings. The zero-order valence-corrected chi connectivity index (χ0v) is 24.6. The molecule has 0 saturated heterocycles. The number of benzene rings is 5. The molecule has 0 unspecified atom stereocenters. The molecule has 7 aromatic rings. The molecule has 47 heavy (non-hydrogen) atoms. The van der Waals surface area contributed by atoms with Gasteiger partial charge in [0.2, 0.25) is 5.82 Å². The summed E-state index contributed by atoms with van der Waals surface area (Å²) in [4.78, 5) is 4.39. The van der Waals surface area contributed by atoms with Crippen LogP contribution in [0.3, 0.4) is 0 Å². The van der Waals surface area contributed by atoms with Gasteiger partial charge in [0.1, 0.15) is 23.0 Å². The van der Waals surface area contributed by atoms with E-state index in [9.17, 15) is 13.2 Å². The smallest absolute Gasteiger partial charge is 0.200 e. The topological polar surface area (TPSA) is 44.9 Å². The third-order valence-electron chi connectivity index (χ3n) is 7.65. The average molecular weight is 635 g/mol. The molecule has 5 aromatic carbocycles. The van der Waals surface area contributed by atoms with Crippen LogP contribution in [-0.4, -0.2) is 19.3 Å². The number of aryl methyl sites for hydroxylation is 1. The van der Waals surface area contributed by atoms with E-state index in [0.29, 0.717) is 28.3 Å². The first-order chi connectivity index (χ1) is 22.8. The maximum atomic E-state index is 15.6. The van der Waals surface area contributed by atoms with Gasteiger partial charge in [-0.3, -0.25) is 0 Å². The summed E-state index contributed by atoms with van der Waals surface area (Å²) >= 11 is 0. The first kappa shape index (κ1) is 29.7. The maximum absolute atomic E-state index is 15.6. The lowest BCUT2D eigenvalue weighted by Gasteiger charge is -2.14. The van der Waals surface area contributed by atoms with Crippen molar-refractivity contribution in [3.63, 3.8) is 0 Å². The Balaban J connectivity index is 1.44. The van der Waals surface area contributed by atoms with Crippen LogP contribution in [0.1, 0.15) is 0 Å². The van der Waals surface area contributed by atoms with E-state index in [2.05, 4.69) is 4.98 Å². The van der Waals surface area contributed by atoms with Gasteiger partial charge in [0.25, 0.3) is 0 Å². The van der Waals surface area contributed by atoms with Crippen LogP contribution < -0.4 is 4.74 Å². The molecule has 232 valence electrons. The number of hydrogen-bond acceptors (Lipinski definition) is 3. The molecule has 5 nitrogen and oxygen atoms in total. The highest BCUT2D eigenvalue weighted by Gasteiger charge is 2.33. The van der Waals surface area contributed by atoms with Crippen LogP contribution in [0, 0.1) is 29.1 Å². The number of nitrogens with zero attached hydrogens (tertiary/aromatic N) is 4. The molecule has 0 spiro atoms. The molecule has 0 aliphatic heterocycles. The van der Waals surface area contributed by atoms with E-state index >= 15 is 8.78 Å². The largest absolute Gasteiger partial charge is 0.457 e. The molecule has 0 atom stereocenters. The zero-order chi connectivity index (χ0) is 32.7. The lowest BCUT2D eigenvalue weighted by molar-refractivity contribution is 0.381. The Morgan fingerprint density at radius 3 is 1.79 bits per heavy atom. The monoisotopic (exact) mass is 634 g/mol. The second-order valence-corrected chi connectivity index (χ2v) is 10.6. The van der Waals surface area contributed by atoms with Crippen LogP contribution >= 0.6 is 0 Å². The van der Waals surface area contributed by atoms with Gasteiger partial charge in [-0.1, -0.05) is 78.9 Å². The summed E-state index contributed by atoms with van der Waals surface area (Å²) in [6.07, 6.45) is 3.54. The van der Waals surface area contributed by atoms with Crippen molar-refractivity contribution in [2.24, 2.45) is 7.05 Å². The Bertz CT molecular complexity index is 2220. The highest BCUT2D eigenvalue weighted by molar-refractivity contribution is 5.93. The van der Waals surface area contributed by atoms with Gasteiger partial charge in [0.15, 0.2) is 23.3 Å². The Labute approximate surface area is 265 Å². The Morgan fingerprint density at radius 1 is 0.574 bits per heavy atom. The lowest BCUT2D eigenvalue weighted by atomic mass is 9.94. The number of ether oxygens (including phenoxy) is 1. The van der Waals surface area contributed by atoms with Gasteiger partial charge in [-0.15, -0.1) is 0 Å². The molecular formula is C37H23F5N4O. The van der Waals surface area contributed by atoms with Gasteiger partial charge in [0.05, 0.1) is 16.9 Å². The summed E-state index contributed by atoms with van der Waals surface area (Å²) in [7, 11) is 1.89. The van der Waals surface area contributed by atoms with Gasteiger partial charge in [0, 0.05) is 47.8 Å². The van der Waals surface area contributed by atoms with Crippen LogP contribution in [-0.2, 0) is 7.05 Å². The number of rotatable bonds is 7. The molecule has 0 saturated carbocycles. The molecule has 0 aliphatic carbocycles. The van der Waals surface area contributed by atoms with Crippen molar-refractivity contribution in [3.8, 4) is 62.2 Å². The summed E-state index contributed by atoms with van der Waals surface area (Å²) in [6.45, 7) is 0. The number of halogens is 5. The van der Waals surface area contributed by atoms with Gasteiger partial charge >= 0.3 is 0 Å². The molecular weight excluding hydrogens is 611 g/mol. The van der Waals surface area contributed by atoms with Gasteiger partial charge in [-0.05, 0) is 24.3 Å². The SMILES string of the molecule is Cn1ccnc1-c1cccc(Oc2cccc(-n3nc(-c4ccccc4)c(-c4c(F)c(F)c(F)c(F)c4F)c3-c3ccccc3)c2)c1. The summed E-state index contributed by atoms with van der Waals surface area (Å²) in [6, 6.07) is 31.1. The van der Waals surface area contributed by atoms with Crippen LogP contribution in [0.25, 0.3) is 50.7 Å². The standard InChI is InChI=1S/C37H23F5N4O/c1-45-19-18-43-37(45)24-14-8-16-26(20-24)47-27-17-9-15-25(21-27)46-36(23-12-6-3-7-13-23)29(35(44-46)22-10-4-2-5-11-22)28-30(38)32(40)34(42)33(41)31(28)39/h2-21H,1H3. The van der Waals surface area contributed by atoms with Crippen molar-refractivity contribution in [2.45, 2.75) is 0 Å². The Hall–Kier alpha value is -6.03. The molecule has 7 rings (SSSR count). The van der Waals surface area contributed by atoms with Crippen molar-refractivity contribution >= 4 is 0 Å². The maximum Gasteiger partial charge on any atom is 0.200 e. The fourth-order valence-corrected chi connectivity index (χ4v) is 5.48. The minimum Gasteiger partial charge on any atom is -0.457 e. The van der Waals surface area contributed by atoms with Gasteiger partial charge < -0.3 is 9.30 Å². The van der Waals surface area contributed by atoms with Crippen molar-refractivity contribution < 1.29 is 26.7 Å². The van der Waals surface area contributed by atoms with Gasteiger partial charge in [-0.2, -0.15) is 5.10 Å². The van der Waals surface area contributed by atoms with E-state index in [-0.39, 0.29) is 17.0 Å². The van der Waals surface area contributed by atoms with Crippen LogP contribution in [0.2, 0.25) is 0 Å². The molecule has 0 amide bonds. The highest BCUT2D eigenvalue weighted by atomic mass is 19.2. The number of imidazole rings is 1. The predicted molar refractivity (Wildman–Crippen MR) is 168 cm³/mol. The lowest BCUT2D eigenvalue weighted by Crippen LogP contribution is -2.05. The minimum atomic E-state index is -2.24. The first-order valence-electron chi connectivity index (χ1n) is 14.4. The molecule has 0 bridgehead atoms. The van der Waals surface area contributed by atoms with Crippen molar-refractivity contribution in [1.82, 2.24) is 19.3 Å².